The van der Waals surface area contributed by atoms with Gasteiger partial charge in [-0.25, -0.2) is 9.97 Å². The molecule has 2 aromatic rings. The number of thiophene rings is 1. The fraction of sp³-hybridized carbons (Fsp3) is 0.571. The van der Waals surface area contributed by atoms with Crippen LogP contribution in [0.3, 0.4) is 0 Å². The predicted molar refractivity (Wildman–Crippen MR) is 78.9 cm³/mol. The van der Waals surface area contributed by atoms with Crippen LogP contribution in [0.5, 0.6) is 0 Å². The first kappa shape index (κ1) is 12.8. The van der Waals surface area contributed by atoms with Gasteiger partial charge in [-0.2, -0.15) is 0 Å². The normalized spacial score (nSPS) is 19.2. The number of anilines is 1. The summed E-state index contributed by atoms with van der Waals surface area (Å²) < 4.78 is 5.40. The fourth-order valence-electron chi connectivity index (χ4n) is 2.52. The molecule has 1 unspecified atom stereocenters. The Hall–Kier alpha value is -1.20. The van der Waals surface area contributed by atoms with Gasteiger partial charge in [-0.3, -0.25) is 0 Å². The third-order valence-electron chi connectivity index (χ3n) is 3.83. The Bertz CT molecular complexity index is 575. The molecule has 1 aliphatic rings. The highest BCUT2D eigenvalue weighted by Crippen LogP contribution is 2.32. The maximum absolute atomic E-state index is 5.40. The van der Waals surface area contributed by atoms with Crippen LogP contribution in [0.1, 0.15) is 23.3 Å². The van der Waals surface area contributed by atoms with E-state index >= 15 is 0 Å². The molecule has 0 radical (unpaired) electrons. The van der Waals surface area contributed by atoms with Gasteiger partial charge in [-0.1, -0.05) is 0 Å². The summed E-state index contributed by atoms with van der Waals surface area (Å²) in [5.41, 5.74) is 1.30. The summed E-state index contributed by atoms with van der Waals surface area (Å²) >= 11 is 1.74. The van der Waals surface area contributed by atoms with Gasteiger partial charge >= 0.3 is 0 Å². The van der Waals surface area contributed by atoms with Crippen LogP contribution in [0, 0.1) is 19.8 Å². The second-order valence-electron chi connectivity index (χ2n) is 5.13. The van der Waals surface area contributed by atoms with Gasteiger partial charge in [-0.15, -0.1) is 11.3 Å². The largest absolute Gasteiger partial charge is 0.381 e. The van der Waals surface area contributed by atoms with E-state index in [0.717, 1.165) is 36.8 Å². The molecule has 0 saturated carbocycles. The van der Waals surface area contributed by atoms with Crippen LogP contribution in [0.4, 0.5) is 5.82 Å². The second kappa shape index (κ2) is 5.43. The number of aromatic nitrogens is 2. The van der Waals surface area contributed by atoms with E-state index < -0.39 is 0 Å². The van der Waals surface area contributed by atoms with Crippen molar-refractivity contribution in [3.63, 3.8) is 0 Å². The Morgan fingerprint density at radius 3 is 3.11 bits per heavy atom. The predicted octanol–water partition coefficient (Wildman–Crippen LogP) is 3.15. The lowest BCUT2D eigenvalue weighted by molar-refractivity contribution is 0.185. The van der Waals surface area contributed by atoms with Crippen molar-refractivity contribution in [1.82, 2.24) is 9.97 Å². The molecule has 0 amide bonds. The highest BCUT2D eigenvalue weighted by atomic mass is 32.1. The Morgan fingerprint density at radius 1 is 1.42 bits per heavy atom. The first-order chi connectivity index (χ1) is 9.25. The Morgan fingerprint density at radius 2 is 2.32 bits per heavy atom. The first-order valence-corrected chi connectivity index (χ1v) is 7.59. The number of nitrogens with one attached hydrogen (secondary N) is 1. The lowest BCUT2D eigenvalue weighted by Gasteiger charge is -2.10. The van der Waals surface area contributed by atoms with Crippen molar-refractivity contribution in [2.24, 2.45) is 5.92 Å². The molecule has 4 nitrogen and oxygen atoms in total. The van der Waals surface area contributed by atoms with Gasteiger partial charge in [0.15, 0.2) is 0 Å². The maximum Gasteiger partial charge on any atom is 0.138 e. The van der Waals surface area contributed by atoms with Crippen LogP contribution in [-0.2, 0) is 4.74 Å². The summed E-state index contributed by atoms with van der Waals surface area (Å²) in [4.78, 5) is 11.2. The minimum Gasteiger partial charge on any atom is -0.381 e. The quantitative estimate of drug-likeness (QED) is 0.932. The number of nitrogens with zero attached hydrogens (tertiary/aromatic N) is 2. The third kappa shape index (κ3) is 2.58. The molecule has 0 bridgehead atoms. The van der Waals surface area contributed by atoms with Crippen LogP contribution >= 0.6 is 11.3 Å². The molecular weight excluding hydrogens is 258 g/mol. The lowest BCUT2D eigenvalue weighted by Crippen LogP contribution is -2.10. The highest BCUT2D eigenvalue weighted by molar-refractivity contribution is 7.18. The standard InChI is InChI=1S/C14H19N3OS/c1-9-10(2)19-14-12(9)13(16-8-17-14)15-5-3-11-4-6-18-7-11/h8,11H,3-7H2,1-2H3,(H,15,16,17). The molecule has 3 heterocycles. The number of hydrogen-bond donors (Lipinski definition) is 1. The number of fused-ring (bicyclic) bond motifs is 1. The van der Waals surface area contributed by atoms with Gasteiger partial charge < -0.3 is 10.1 Å². The van der Waals surface area contributed by atoms with Crippen molar-refractivity contribution in [3.8, 4) is 0 Å². The van der Waals surface area contributed by atoms with Crippen molar-refractivity contribution in [2.75, 3.05) is 25.1 Å². The summed E-state index contributed by atoms with van der Waals surface area (Å²) in [7, 11) is 0. The summed E-state index contributed by atoms with van der Waals surface area (Å²) in [6.45, 7) is 7.08. The number of hydrogen-bond acceptors (Lipinski definition) is 5. The molecule has 1 aliphatic heterocycles. The molecule has 0 aliphatic carbocycles. The molecule has 5 heteroatoms. The van der Waals surface area contributed by atoms with Gasteiger partial charge in [0, 0.05) is 24.6 Å². The number of aryl methyl sites for hydroxylation is 2. The van der Waals surface area contributed by atoms with Crippen molar-refractivity contribution < 1.29 is 4.74 Å². The summed E-state index contributed by atoms with van der Waals surface area (Å²) in [6, 6.07) is 0. The SMILES string of the molecule is Cc1sc2ncnc(NCCC3CCOC3)c2c1C. The highest BCUT2D eigenvalue weighted by Gasteiger charge is 2.16. The van der Waals surface area contributed by atoms with E-state index in [1.54, 1.807) is 17.7 Å². The first-order valence-electron chi connectivity index (χ1n) is 6.78. The van der Waals surface area contributed by atoms with Crippen molar-refractivity contribution in [1.29, 1.82) is 0 Å². The minimum absolute atomic E-state index is 0.704. The zero-order chi connectivity index (χ0) is 13.2. The summed E-state index contributed by atoms with van der Waals surface area (Å²) in [6.07, 6.45) is 3.99. The molecule has 3 rings (SSSR count). The van der Waals surface area contributed by atoms with Crippen molar-refractivity contribution in [3.05, 3.63) is 16.8 Å². The second-order valence-corrected chi connectivity index (χ2v) is 6.33. The van der Waals surface area contributed by atoms with Crippen LogP contribution in [-0.4, -0.2) is 29.7 Å². The molecule has 102 valence electrons. The zero-order valence-corrected chi connectivity index (χ0v) is 12.2. The minimum atomic E-state index is 0.704. The van der Waals surface area contributed by atoms with E-state index in [1.807, 2.05) is 0 Å². The molecule has 1 fully saturated rings. The van der Waals surface area contributed by atoms with E-state index in [-0.39, 0.29) is 0 Å². The monoisotopic (exact) mass is 277 g/mol. The van der Waals surface area contributed by atoms with Crippen molar-refractivity contribution >= 4 is 27.4 Å². The molecule has 1 saturated heterocycles. The van der Waals surface area contributed by atoms with Gasteiger partial charge in [0.2, 0.25) is 0 Å². The number of rotatable bonds is 4. The summed E-state index contributed by atoms with van der Waals surface area (Å²) in [5.74, 6) is 1.68. The van der Waals surface area contributed by atoms with Crippen LogP contribution in [0.15, 0.2) is 6.33 Å². The smallest absolute Gasteiger partial charge is 0.138 e. The number of ether oxygens (including phenoxy) is 1. The van der Waals surface area contributed by atoms with Gasteiger partial charge in [0.05, 0.1) is 5.39 Å². The van der Waals surface area contributed by atoms with Gasteiger partial charge in [0.25, 0.3) is 0 Å². The van der Waals surface area contributed by atoms with Crippen LogP contribution < -0.4 is 5.32 Å². The van der Waals surface area contributed by atoms with E-state index in [1.165, 1.54) is 22.2 Å². The molecule has 1 N–H and O–H groups in total. The zero-order valence-electron chi connectivity index (χ0n) is 11.4. The van der Waals surface area contributed by atoms with E-state index in [0.29, 0.717) is 5.92 Å². The Labute approximate surface area is 117 Å². The van der Waals surface area contributed by atoms with Crippen LogP contribution in [0.2, 0.25) is 0 Å². The average Bonchev–Trinajstić information content (AvgIpc) is 3.00. The van der Waals surface area contributed by atoms with E-state index in [9.17, 15) is 0 Å². The van der Waals surface area contributed by atoms with Crippen LogP contribution in [0.25, 0.3) is 10.2 Å². The summed E-state index contributed by atoms with van der Waals surface area (Å²) in [5, 5.41) is 4.66. The Balaban J connectivity index is 1.73. The van der Waals surface area contributed by atoms with Gasteiger partial charge in [-0.05, 0) is 38.2 Å². The van der Waals surface area contributed by atoms with E-state index in [2.05, 4.69) is 29.1 Å². The van der Waals surface area contributed by atoms with Crippen molar-refractivity contribution in [2.45, 2.75) is 26.7 Å². The lowest BCUT2D eigenvalue weighted by atomic mass is 10.1. The van der Waals surface area contributed by atoms with Gasteiger partial charge in [0.1, 0.15) is 17.0 Å². The van der Waals surface area contributed by atoms with E-state index in [4.69, 9.17) is 4.74 Å². The topological polar surface area (TPSA) is 47.0 Å². The maximum atomic E-state index is 5.40. The molecule has 0 spiro atoms. The fourth-order valence-corrected chi connectivity index (χ4v) is 3.52. The molecule has 19 heavy (non-hydrogen) atoms. The molecule has 2 aromatic heterocycles. The molecular formula is C14H19N3OS. The third-order valence-corrected chi connectivity index (χ3v) is 4.95. The Kier molecular flexibility index (Phi) is 3.66. The average molecular weight is 277 g/mol. The molecule has 0 aromatic carbocycles. The molecule has 1 atom stereocenters.